The van der Waals surface area contributed by atoms with Crippen LogP contribution in [-0.4, -0.2) is 4.98 Å². The van der Waals surface area contributed by atoms with E-state index in [2.05, 4.69) is 112 Å². The maximum absolute atomic E-state index is 6.44. The van der Waals surface area contributed by atoms with E-state index in [1.807, 2.05) is 6.20 Å². The predicted molar refractivity (Wildman–Crippen MR) is 135 cm³/mol. The molecule has 0 aliphatic carbocycles. The fourth-order valence-electron chi connectivity index (χ4n) is 4.30. The van der Waals surface area contributed by atoms with Gasteiger partial charge in [0.05, 0.1) is 5.69 Å². The lowest BCUT2D eigenvalue weighted by Gasteiger charge is -2.19. The Balaban J connectivity index is 1.62. The van der Waals surface area contributed by atoms with Gasteiger partial charge in [0.2, 0.25) is 0 Å². The summed E-state index contributed by atoms with van der Waals surface area (Å²) in [5.41, 5.74) is 8.94. The molecule has 0 atom stereocenters. The molecule has 0 radical (unpaired) electrons. The molecule has 160 valence electrons. The number of hydrogen-bond donors (Lipinski definition) is 0. The minimum Gasteiger partial charge on any atom is -0.455 e. The summed E-state index contributed by atoms with van der Waals surface area (Å²) in [7, 11) is 0. The Morgan fingerprint density at radius 1 is 0.781 bits per heavy atom. The minimum atomic E-state index is 0.151. The zero-order chi connectivity index (χ0) is 22.5. The van der Waals surface area contributed by atoms with Crippen LogP contribution in [0.1, 0.15) is 51.7 Å². The van der Waals surface area contributed by atoms with E-state index in [1.54, 1.807) is 0 Å². The molecule has 3 aromatic carbocycles. The normalized spacial score (nSPS) is 12.2. The highest BCUT2D eigenvalue weighted by Crippen LogP contribution is 2.37. The number of furan rings is 1. The van der Waals surface area contributed by atoms with Gasteiger partial charge in [-0.25, -0.2) is 0 Å². The quantitative estimate of drug-likeness (QED) is 0.292. The summed E-state index contributed by atoms with van der Waals surface area (Å²) < 4.78 is 6.44. The van der Waals surface area contributed by atoms with Crippen LogP contribution in [0.2, 0.25) is 0 Å². The molecule has 0 amide bonds. The molecule has 5 aromatic rings. The van der Waals surface area contributed by atoms with Crippen LogP contribution in [0.15, 0.2) is 83.4 Å². The molecule has 2 nitrogen and oxygen atoms in total. The third kappa shape index (κ3) is 3.60. The third-order valence-corrected chi connectivity index (χ3v) is 6.31. The summed E-state index contributed by atoms with van der Waals surface area (Å²) in [4.78, 5) is 4.65. The molecule has 2 heteroatoms. The molecule has 0 aliphatic heterocycles. The second-order valence-electron chi connectivity index (χ2n) is 9.95. The monoisotopic (exact) mass is 419 g/mol. The van der Waals surface area contributed by atoms with Crippen molar-refractivity contribution in [1.29, 1.82) is 0 Å². The number of nitrogens with zero attached hydrogens (tertiary/aromatic N) is 1. The Hall–Kier alpha value is -3.39. The maximum atomic E-state index is 6.44. The minimum absolute atomic E-state index is 0.151. The van der Waals surface area contributed by atoms with Gasteiger partial charge in [-0.1, -0.05) is 77.1 Å². The van der Waals surface area contributed by atoms with Crippen molar-refractivity contribution in [2.45, 2.75) is 46.0 Å². The zero-order valence-electron chi connectivity index (χ0n) is 19.4. The highest BCUT2D eigenvalue weighted by atomic mass is 16.3. The van der Waals surface area contributed by atoms with Gasteiger partial charge in [-0.2, -0.15) is 0 Å². The summed E-state index contributed by atoms with van der Waals surface area (Å²) >= 11 is 0. The first-order chi connectivity index (χ1) is 15.3. The number of rotatable bonds is 3. The zero-order valence-corrected chi connectivity index (χ0v) is 19.4. The molecule has 0 unspecified atom stereocenters. The lowest BCUT2D eigenvalue weighted by Crippen LogP contribution is -2.10. The Morgan fingerprint density at radius 3 is 2.25 bits per heavy atom. The van der Waals surface area contributed by atoms with Gasteiger partial charge in [0.15, 0.2) is 0 Å². The van der Waals surface area contributed by atoms with Gasteiger partial charge in [-0.3, -0.25) is 4.98 Å². The van der Waals surface area contributed by atoms with Gasteiger partial charge in [0.1, 0.15) is 11.2 Å². The lowest BCUT2D eigenvalue weighted by atomic mass is 9.86. The lowest BCUT2D eigenvalue weighted by molar-refractivity contribution is 0.590. The molecule has 0 aliphatic rings. The van der Waals surface area contributed by atoms with Crippen LogP contribution < -0.4 is 0 Å². The molecule has 5 rings (SSSR count). The summed E-state index contributed by atoms with van der Waals surface area (Å²) in [6.07, 6.45) is 1.89. The van der Waals surface area contributed by atoms with E-state index in [0.717, 1.165) is 33.2 Å². The molecule has 2 aromatic heterocycles. The van der Waals surface area contributed by atoms with Crippen LogP contribution in [0.25, 0.3) is 44.3 Å². The van der Waals surface area contributed by atoms with Crippen molar-refractivity contribution in [3.63, 3.8) is 0 Å². The molecule has 0 fully saturated rings. The van der Waals surface area contributed by atoms with Crippen LogP contribution in [0, 0.1) is 0 Å². The largest absolute Gasteiger partial charge is 0.455 e. The molecule has 32 heavy (non-hydrogen) atoms. The number of aromatic nitrogens is 1. The molecule has 2 heterocycles. The first-order valence-corrected chi connectivity index (χ1v) is 11.3. The first-order valence-electron chi connectivity index (χ1n) is 11.3. The van der Waals surface area contributed by atoms with E-state index in [1.165, 1.54) is 22.3 Å². The summed E-state index contributed by atoms with van der Waals surface area (Å²) in [6, 6.07) is 26.0. The molecule has 0 saturated carbocycles. The topological polar surface area (TPSA) is 26.0 Å². The van der Waals surface area contributed by atoms with E-state index < -0.39 is 0 Å². The SMILES string of the molecule is CC(C)c1ccnc(-c2cccc3c2oc2cc(-c4ccc(C(C)(C)C)cc4)ccc23)c1. The second kappa shape index (κ2) is 7.63. The van der Waals surface area contributed by atoms with Gasteiger partial charge in [-0.05, 0) is 63.9 Å². The Labute approximate surface area is 189 Å². The van der Waals surface area contributed by atoms with Crippen molar-refractivity contribution in [2.75, 3.05) is 0 Å². The maximum Gasteiger partial charge on any atom is 0.144 e. The Kier molecular flexibility index (Phi) is 4.89. The average molecular weight is 420 g/mol. The van der Waals surface area contributed by atoms with Gasteiger partial charge >= 0.3 is 0 Å². The summed E-state index contributed by atoms with van der Waals surface area (Å²) in [5, 5.41) is 2.26. The van der Waals surface area contributed by atoms with Crippen LogP contribution >= 0.6 is 0 Å². The van der Waals surface area contributed by atoms with Gasteiger partial charge in [0, 0.05) is 22.5 Å². The van der Waals surface area contributed by atoms with E-state index in [-0.39, 0.29) is 5.41 Å². The average Bonchev–Trinajstić information content (AvgIpc) is 3.16. The number of benzene rings is 3. The van der Waals surface area contributed by atoms with Gasteiger partial charge in [0.25, 0.3) is 0 Å². The molecule has 0 bridgehead atoms. The molecule has 0 N–H and O–H groups in total. The van der Waals surface area contributed by atoms with Crippen molar-refractivity contribution < 1.29 is 4.42 Å². The number of para-hydroxylation sites is 1. The van der Waals surface area contributed by atoms with Crippen LogP contribution in [0.4, 0.5) is 0 Å². The fourth-order valence-corrected chi connectivity index (χ4v) is 4.30. The Morgan fingerprint density at radius 2 is 1.53 bits per heavy atom. The van der Waals surface area contributed by atoms with Crippen molar-refractivity contribution in [2.24, 2.45) is 0 Å². The number of hydrogen-bond acceptors (Lipinski definition) is 2. The van der Waals surface area contributed by atoms with E-state index >= 15 is 0 Å². The van der Waals surface area contributed by atoms with E-state index in [9.17, 15) is 0 Å². The van der Waals surface area contributed by atoms with E-state index in [0.29, 0.717) is 5.92 Å². The van der Waals surface area contributed by atoms with Crippen LogP contribution in [0.3, 0.4) is 0 Å². The first kappa shape index (κ1) is 20.5. The number of pyridine rings is 1. The highest BCUT2D eigenvalue weighted by Gasteiger charge is 2.16. The standard InChI is InChI=1S/C30H29NO/c1-19(2)21-15-16-31-27(17-21)26-8-6-7-25-24-14-11-22(18-28(24)32-29(25)26)20-9-12-23(13-10-20)30(3,4)5/h6-19H,1-5H3. The molecule has 0 saturated heterocycles. The van der Waals surface area contributed by atoms with Crippen molar-refractivity contribution in [3.8, 4) is 22.4 Å². The third-order valence-electron chi connectivity index (χ3n) is 6.31. The van der Waals surface area contributed by atoms with Crippen LogP contribution in [-0.2, 0) is 5.41 Å². The summed E-state index contributed by atoms with van der Waals surface area (Å²) in [5.74, 6) is 0.457. The Bertz CT molecular complexity index is 1420. The molecular weight excluding hydrogens is 390 g/mol. The molecule has 0 spiro atoms. The smallest absolute Gasteiger partial charge is 0.144 e. The van der Waals surface area contributed by atoms with Gasteiger partial charge in [-0.15, -0.1) is 0 Å². The van der Waals surface area contributed by atoms with Crippen molar-refractivity contribution in [1.82, 2.24) is 4.98 Å². The van der Waals surface area contributed by atoms with Gasteiger partial charge < -0.3 is 4.42 Å². The predicted octanol–water partition coefficient (Wildman–Crippen LogP) is 8.74. The number of fused-ring (bicyclic) bond motifs is 3. The molecular formula is C30H29NO. The summed E-state index contributed by atoms with van der Waals surface area (Å²) in [6.45, 7) is 11.1. The second-order valence-corrected chi connectivity index (χ2v) is 9.95. The van der Waals surface area contributed by atoms with E-state index in [4.69, 9.17) is 4.42 Å². The van der Waals surface area contributed by atoms with Crippen molar-refractivity contribution in [3.05, 3.63) is 90.1 Å². The van der Waals surface area contributed by atoms with Crippen LogP contribution in [0.5, 0.6) is 0 Å². The highest BCUT2D eigenvalue weighted by molar-refractivity contribution is 6.10. The fraction of sp³-hybridized carbons (Fsp3) is 0.233. The van der Waals surface area contributed by atoms with Crippen molar-refractivity contribution >= 4 is 21.9 Å².